The molecule has 0 aliphatic rings. The van der Waals surface area contributed by atoms with Gasteiger partial charge in [0.1, 0.15) is 17.8 Å². The summed E-state index contributed by atoms with van der Waals surface area (Å²) < 4.78 is 11.2. The minimum absolute atomic E-state index is 0.00278. The summed E-state index contributed by atoms with van der Waals surface area (Å²) in [5.41, 5.74) is -1.26. The summed E-state index contributed by atoms with van der Waals surface area (Å²) in [7, 11) is 0. The van der Waals surface area contributed by atoms with E-state index in [1.54, 1.807) is 0 Å². The molecule has 0 rings (SSSR count). The maximum absolute atomic E-state index is 12.8. The first-order valence-corrected chi connectivity index (χ1v) is 13.6. The van der Waals surface area contributed by atoms with Gasteiger partial charge in [-0.25, -0.2) is 4.79 Å². The molecule has 9 heteroatoms. The first-order valence-electron chi connectivity index (χ1n) is 13.6. The van der Waals surface area contributed by atoms with Crippen LogP contribution in [0.15, 0.2) is 0 Å². The largest absolute Gasteiger partial charge is 0.444 e. The third-order valence-corrected chi connectivity index (χ3v) is 7.23. The van der Waals surface area contributed by atoms with Crippen molar-refractivity contribution in [3.63, 3.8) is 0 Å². The van der Waals surface area contributed by atoms with Crippen molar-refractivity contribution in [1.82, 2.24) is 5.32 Å². The van der Waals surface area contributed by atoms with E-state index in [1.165, 1.54) is 0 Å². The summed E-state index contributed by atoms with van der Waals surface area (Å²) in [5, 5.41) is 53.3. The quantitative estimate of drug-likeness (QED) is 0.166. The zero-order chi connectivity index (χ0) is 29.2. The van der Waals surface area contributed by atoms with E-state index in [-0.39, 0.29) is 30.5 Å². The number of aliphatic hydroxyl groups is 5. The lowest BCUT2D eigenvalue weighted by atomic mass is 9.69. The molecule has 0 heterocycles. The SMILES string of the molecule is CCC(C)(C)CC(C)(C)OC(=O)NC(COCC(O)C(O)CO)C(O)CC(O)C(C)(CC)CC(C)(C)C. The topological polar surface area (TPSA) is 149 Å². The predicted octanol–water partition coefficient (Wildman–Crippen LogP) is 3.38. The zero-order valence-corrected chi connectivity index (χ0v) is 25.0. The Morgan fingerprint density at radius 2 is 1.38 bits per heavy atom. The van der Waals surface area contributed by atoms with Crippen LogP contribution >= 0.6 is 0 Å². The molecule has 0 aliphatic heterocycles. The maximum atomic E-state index is 12.8. The first kappa shape index (κ1) is 36.0. The third kappa shape index (κ3) is 14.1. The highest BCUT2D eigenvalue weighted by molar-refractivity contribution is 5.68. The molecule has 0 fully saturated rings. The molecule has 37 heavy (non-hydrogen) atoms. The van der Waals surface area contributed by atoms with E-state index in [0.717, 1.165) is 12.8 Å². The van der Waals surface area contributed by atoms with Crippen LogP contribution in [0.4, 0.5) is 4.79 Å². The number of carbonyl (C=O) groups is 1. The average molecular weight is 536 g/mol. The van der Waals surface area contributed by atoms with Gasteiger partial charge >= 0.3 is 6.09 Å². The molecule has 6 atom stereocenters. The number of alkyl carbamates (subject to hydrolysis) is 1. The van der Waals surface area contributed by atoms with Crippen molar-refractivity contribution in [2.75, 3.05) is 19.8 Å². The van der Waals surface area contributed by atoms with E-state index in [9.17, 15) is 25.2 Å². The van der Waals surface area contributed by atoms with Crippen molar-refractivity contribution >= 4 is 6.09 Å². The van der Waals surface area contributed by atoms with Crippen LogP contribution in [-0.2, 0) is 9.47 Å². The molecule has 6 unspecified atom stereocenters. The van der Waals surface area contributed by atoms with E-state index < -0.39 is 54.2 Å². The lowest BCUT2D eigenvalue weighted by Gasteiger charge is -2.40. The number of carbonyl (C=O) groups excluding carboxylic acids is 1. The Bertz CT molecular complexity index is 663. The lowest BCUT2D eigenvalue weighted by molar-refractivity contribution is -0.0721. The molecule has 1 amide bonds. The molecular weight excluding hydrogens is 478 g/mol. The standard InChI is InChI=1S/C28H57NO8/c1-11-26(6,7)18-27(8,9)37-24(35)29-19(15-36-16-22(33)21(32)14-30)20(31)13-23(34)28(10,12-2)17-25(3,4)5/h19-23,30-34H,11-18H2,1-10H3,(H,29,35). The number of ether oxygens (including phenoxy) is 2. The van der Waals surface area contributed by atoms with E-state index in [0.29, 0.717) is 12.8 Å². The Kier molecular flexibility index (Phi) is 14.6. The van der Waals surface area contributed by atoms with Crippen LogP contribution in [0.5, 0.6) is 0 Å². The lowest BCUT2D eigenvalue weighted by Crippen LogP contribution is -2.51. The number of aliphatic hydroxyl groups excluding tert-OH is 5. The summed E-state index contributed by atoms with van der Waals surface area (Å²) in [4.78, 5) is 12.8. The van der Waals surface area contributed by atoms with Gasteiger partial charge in [0.2, 0.25) is 0 Å². The van der Waals surface area contributed by atoms with Crippen molar-refractivity contribution in [3.8, 4) is 0 Å². The van der Waals surface area contributed by atoms with Crippen molar-refractivity contribution < 1.29 is 39.8 Å². The number of amides is 1. The minimum atomic E-state index is -1.37. The summed E-state index contributed by atoms with van der Waals surface area (Å²) in [6, 6.07) is -0.939. The second-order valence-electron chi connectivity index (χ2n) is 13.5. The molecule has 222 valence electrons. The van der Waals surface area contributed by atoms with E-state index in [4.69, 9.17) is 14.6 Å². The summed E-state index contributed by atoms with van der Waals surface area (Å²) in [6.07, 6.45) is -2.40. The molecule has 0 aromatic carbocycles. The van der Waals surface area contributed by atoms with Crippen LogP contribution in [0.3, 0.4) is 0 Å². The molecule has 0 saturated carbocycles. The molecule has 0 saturated heterocycles. The second kappa shape index (κ2) is 15.0. The number of hydrogen-bond acceptors (Lipinski definition) is 8. The van der Waals surface area contributed by atoms with Crippen LogP contribution in [0, 0.1) is 16.2 Å². The number of hydrogen-bond donors (Lipinski definition) is 6. The fourth-order valence-corrected chi connectivity index (χ4v) is 4.91. The Hall–Kier alpha value is -0.970. The van der Waals surface area contributed by atoms with Gasteiger partial charge in [-0.2, -0.15) is 0 Å². The Morgan fingerprint density at radius 1 is 0.811 bits per heavy atom. The van der Waals surface area contributed by atoms with Crippen LogP contribution in [0.1, 0.15) is 101 Å². The van der Waals surface area contributed by atoms with Crippen LogP contribution in [0.25, 0.3) is 0 Å². The third-order valence-electron chi connectivity index (χ3n) is 7.23. The van der Waals surface area contributed by atoms with Gasteiger partial charge in [0.15, 0.2) is 0 Å². The average Bonchev–Trinajstić information content (AvgIpc) is 2.74. The van der Waals surface area contributed by atoms with Gasteiger partial charge in [0.25, 0.3) is 0 Å². The number of nitrogens with one attached hydrogen (secondary N) is 1. The molecule has 6 N–H and O–H groups in total. The van der Waals surface area contributed by atoms with Crippen LogP contribution < -0.4 is 5.32 Å². The first-order chi connectivity index (χ1) is 16.7. The normalized spacial score (nSPS) is 18.9. The molecule has 0 radical (unpaired) electrons. The van der Waals surface area contributed by atoms with Crippen molar-refractivity contribution in [3.05, 3.63) is 0 Å². The van der Waals surface area contributed by atoms with Crippen molar-refractivity contribution in [1.29, 1.82) is 0 Å². The minimum Gasteiger partial charge on any atom is -0.444 e. The van der Waals surface area contributed by atoms with E-state index >= 15 is 0 Å². The highest BCUT2D eigenvalue weighted by Crippen LogP contribution is 2.40. The van der Waals surface area contributed by atoms with Gasteiger partial charge in [-0.1, -0.05) is 61.8 Å². The molecule has 0 aromatic heterocycles. The van der Waals surface area contributed by atoms with Gasteiger partial charge in [0.05, 0.1) is 38.1 Å². The van der Waals surface area contributed by atoms with Crippen LogP contribution in [-0.4, -0.2) is 87.5 Å². The molecule has 0 bridgehead atoms. The summed E-state index contributed by atoms with van der Waals surface area (Å²) >= 11 is 0. The fourth-order valence-electron chi connectivity index (χ4n) is 4.91. The van der Waals surface area contributed by atoms with Gasteiger partial charge in [-0.15, -0.1) is 0 Å². The highest BCUT2D eigenvalue weighted by Gasteiger charge is 2.38. The Balaban J connectivity index is 5.53. The smallest absolute Gasteiger partial charge is 0.408 e. The molecule has 0 aromatic rings. The van der Waals surface area contributed by atoms with Gasteiger partial charge < -0.3 is 40.3 Å². The Labute approximate surface area is 225 Å². The molecule has 9 nitrogen and oxygen atoms in total. The highest BCUT2D eigenvalue weighted by atomic mass is 16.6. The molecule has 0 spiro atoms. The summed E-state index contributed by atoms with van der Waals surface area (Å²) in [6.45, 7) is 19.1. The van der Waals surface area contributed by atoms with E-state index in [2.05, 4.69) is 46.9 Å². The Morgan fingerprint density at radius 3 is 1.84 bits per heavy atom. The molecule has 0 aliphatic carbocycles. The zero-order valence-electron chi connectivity index (χ0n) is 25.0. The maximum Gasteiger partial charge on any atom is 0.408 e. The van der Waals surface area contributed by atoms with Crippen molar-refractivity contribution in [2.45, 2.75) is 137 Å². The van der Waals surface area contributed by atoms with E-state index in [1.807, 2.05) is 27.7 Å². The second-order valence-corrected chi connectivity index (χ2v) is 13.5. The van der Waals surface area contributed by atoms with Gasteiger partial charge in [-0.3, -0.25) is 0 Å². The van der Waals surface area contributed by atoms with Crippen LogP contribution in [0.2, 0.25) is 0 Å². The van der Waals surface area contributed by atoms with Crippen molar-refractivity contribution in [2.24, 2.45) is 16.2 Å². The fraction of sp³-hybridized carbons (Fsp3) is 0.964. The number of rotatable bonds is 17. The van der Waals surface area contributed by atoms with Gasteiger partial charge in [0, 0.05) is 6.42 Å². The molecular formula is C28H57NO8. The van der Waals surface area contributed by atoms with Gasteiger partial charge in [-0.05, 0) is 49.4 Å². The monoisotopic (exact) mass is 535 g/mol. The summed E-state index contributed by atoms with van der Waals surface area (Å²) in [5.74, 6) is 0. The predicted molar refractivity (Wildman–Crippen MR) is 145 cm³/mol.